The zero-order valence-electron chi connectivity index (χ0n) is 9.42. The maximum atomic E-state index is 11.7. The molecule has 1 aromatic carbocycles. The highest BCUT2D eigenvalue weighted by molar-refractivity contribution is 7.91. The van der Waals surface area contributed by atoms with E-state index in [0.29, 0.717) is 17.5 Å². The number of para-hydroxylation sites is 1. The Labute approximate surface area is 99.2 Å². The summed E-state index contributed by atoms with van der Waals surface area (Å²) in [5.74, 6) is 0.401. The van der Waals surface area contributed by atoms with Gasteiger partial charge < -0.3 is 10.3 Å². The number of anilines is 1. The van der Waals surface area contributed by atoms with Crippen molar-refractivity contribution in [1.82, 2.24) is 9.55 Å². The molecule has 0 saturated heterocycles. The first-order valence-corrected chi connectivity index (χ1v) is 7.34. The molecule has 0 radical (unpaired) electrons. The van der Waals surface area contributed by atoms with Crippen LogP contribution < -0.4 is 5.73 Å². The van der Waals surface area contributed by atoms with Gasteiger partial charge in [0, 0.05) is 12.3 Å². The third-order valence-corrected chi connectivity index (χ3v) is 4.15. The van der Waals surface area contributed by atoms with Gasteiger partial charge in [-0.15, -0.1) is 0 Å². The molecule has 90 valence electrons. The lowest BCUT2D eigenvalue weighted by Gasteiger charge is -2.03. The minimum absolute atomic E-state index is 0.251. The largest absolute Gasteiger partial charge is 0.369 e. The molecule has 3 rings (SSSR count). The normalized spacial score (nSPS) is 16.5. The molecule has 0 spiro atoms. The highest BCUT2D eigenvalue weighted by atomic mass is 32.2. The number of nitrogens with zero attached hydrogens (tertiary/aromatic N) is 2. The smallest absolute Gasteiger partial charge is 0.201 e. The lowest BCUT2D eigenvalue weighted by Crippen LogP contribution is -2.00. The molecular formula is C11H13N3O2S. The highest BCUT2D eigenvalue weighted by Gasteiger charge is 2.28. The van der Waals surface area contributed by atoms with E-state index in [0.717, 1.165) is 18.4 Å². The molecule has 0 bridgehead atoms. The number of aromatic nitrogens is 2. The van der Waals surface area contributed by atoms with Crippen molar-refractivity contribution in [2.75, 3.05) is 12.0 Å². The zero-order chi connectivity index (χ0) is 12.2. The summed E-state index contributed by atoms with van der Waals surface area (Å²) in [6.45, 7) is 0. The van der Waals surface area contributed by atoms with Crippen molar-refractivity contribution in [3.05, 3.63) is 18.2 Å². The molecule has 1 aliphatic carbocycles. The van der Waals surface area contributed by atoms with Crippen LogP contribution in [0.3, 0.4) is 0 Å². The zero-order valence-corrected chi connectivity index (χ0v) is 10.2. The Morgan fingerprint density at radius 3 is 2.71 bits per heavy atom. The maximum Gasteiger partial charge on any atom is 0.201 e. The number of fused-ring (bicyclic) bond motifs is 1. The Kier molecular flexibility index (Phi) is 2.01. The minimum Gasteiger partial charge on any atom is -0.369 e. The number of sulfone groups is 1. The molecular weight excluding hydrogens is 238 g/mol. The van der Waals surface area contributed by atoms with Crippen LogP contribution >= 0.6 is 0 Å². The second-order valence-corrected chi connectivity index (χ2v) is 6.45. The maximum absolute atomic E-state index is 11.7. The van der Waals surface area contributed by atoms with E-state index in [9.17, 15) is 8.42 Å². The summed E-state index contributed by atoms with van der Waals surface area (Å²) < 4.78 is 25.3. The van der Waals surface area contributed by atoms with Gasteiger partial charge in [0.05, 0.1) is 10.4 Å². The monoisotopic (exact) mass is 251 g/mol. The first-order chi connectivity index (χ1) is 7.98. The van der Waals surface area contributed by atoms with Gasteiger partial charge >= 0.3 is 0 Å². The summed E-state index contributed by atoms with van der Waals surface area (Å²) in [6.07, 6.45) is 3.35. The van der Waals surface area contributed by atoms with E-state index in [2.05, 4.69) is 4.98 Å². The lowest BCUT2D eigenvalue weighted by atomic mass is 10.3. The van der Waals surface area contributed by atoms with Crippen molar-refractivity contribution in [2.24, 2.45) is 0 Å². The quantitative estimate of drug-likeness (QED) is 0.874. The third-order valence-electron chi connectivity index (χ3n) is 3.02. The topological polar surface area (TPSA) is 78.0 Å². The van der Waals surface area contributed by atoms with E-state index in [1.165, 1.54) is 6.26 Å². The molecule has 0 aliphatic heterocycles. The van der Waals surface area contributed by atoms with E-state index in [-0.39, 0.29) is 4.90 Å². The van der Waals surface area contributed by atoms with Gasteiger partial charge in [-0.25, -0.2) is 13.4 Å². The van der Waals surface area contributed by atoms with Gasteiger partial charge in [-0.2, -0.15) is 0 Å². The van der Waals surface area contributed by atoms with Gasteiger partial charge in [-0.3, -0.25) is 0 Å². The SMILES string of the molecule is CS(=O)(=O)c1cccc2c1nc(N)n2C1CC1. The van der Waals surface area contributed by atoms with Crippen LogP contribution in [-0.4, -0.2) is 24.2 Å². The molecule has 1 aliphatic rings. The summed E-state index contributed by atoms with van der Waals surface area (Å²) in [4.78, 5) is 4.45. The fourth-order valence-electron chi connectivity index (χ4n) is 2.13. The third kappa shape index (κ3) is 1.59. The van der Waals surface area contributed by atoms with Gasteiger partial charge in [0.1, 0.15) is 5.52 Å². The second kappa shape index (κ2) is 3.22. The van der Waals surface area contributed by atoms with Crippen LogP contribution in [0.15, 0.2) is 23.1 Å². The molecule has 2 aromatic rings. The van der Waals surface area contributed by atoms with E-state index in [1.54, 1.807) is 12.1 Å². The highest BCUT2D eigenvalue weighted by Crippen LogP contribution is 2.40. The fraction of sp³-hybridized carbons (Fsp3) is 0.364. The predicted molar refractivity (Wildman–Crippen MR) is 65.5 cm³/mol. The van der Waals surface area contributed by atoms with Crippen LogP contribution in [-0.2, 0) is 9.84 Å². The Balaban J connectivity index is 2.38. The number of benzene rings is 1. The van der Waals surface area contributed by atoms with Crippen molar-refractivity contribution in [2.45, 2.75) is 23.8 Å². The standard InChI is InChI=1S/C11H13N3O2S/c1-17(15,16)9-4-2-3-8-10(9)13-11(12)14(8)7-5-6-7/h2-4,7H,5-6H2,1H3,(H2,12,13). The number of imidazole rings is 1. The van der Waals surface area contributed by atoms with Crippen molar-refractivity contribution < 1.29 is 8.42 Å². The van der Waals surface area contributed by atoms with Gasteiger partial charge in [-0.1, -0.05) is 6.07 Å². The van der Waals surface area contributed by atoms with Crippen LogP contribution in [0.2, 0.25) is 0 Å². The van der Waals surface area contributed by atoms with E-state index in [4.69, 9.17) is 5.73 Å². The Bertz CT molecular complexity index is 699. The van der Waals surface area contributed by atoms with Gasteiger partial charge in [0.25, 0.3) is 0 Å². The number of rotatable bonds is 2. The average Bonchev–Trinajstić information content (AvgIpc) is 2.98. The first kappa shape index (κ1) is 10.6. The number of nitrogens with two attached hydrogens (primary N) is 1. The minimum atomic E-state index is -3.27. The molecule has 17 heavy (non-hydrogen) atoms. The molecule has 0 unspecified atom stereocenters. The van der Waals surface area contributed by atoms with Gasteiger partial charge in [0.15, 0.2) is 9.84 Å². The van der Waals surface area contributed by atoms with Gasteiger partial charge in [-0.05, 0) is 25.0 Å². The van der Waals surface area contributed by atoms with E-state index in [1.807, 2.05) is 10.6 Å². The van der Waals surface area contributed by atoms with Crippen LogP contribution in [0.5, 0.6) is 0 Å². The molecule has 2 N–H and O–H groups in total. The molecule has 0 amide bonds. The summed E-state index contributed by atoms with van der Waals surface area (Å²) in [7, 11) is -3.27. The molecule has 1 fully saturated rings. The summed E-state index contributed by atoms with van der Waals surface area (Å²) >= 11 is 0. The van der Waals surface area contributed by atoms with Crippen LogP contribution in [0, 0.1) is 0 Å². The number of nitrogen functional groups attached to an aromatic ring is 1. The molecule has 1 aromatic heterocycles. The Hall–Kier alpha value is -1.56. The molecule has 6 heteroatoms. The number of hydrogen-bond donors (Lipinski definition) is 1. The summed E-state index contributed by atoms with van der Waals surface area (Å²) in [5.41, 5.74) is 7.16. The Morgan fingerprint density at radius 2 is 2.12 bits per heavy atom. The lowest BCUT2D eigenvalue weighted by molar-refractivity contribution is 0.602. The molecule has 1 heterocycles. The van der Waals surface area contributed by atoms with Crippen LogP contribution in [0.1, 0.15) is 18.9 Å². The van der Waals surface area contributed by atoms with E-state index < -0.39 is 9.84 Å². The molecule has 1 saturated carbocycles. The second-order valence-electron chi connectivity index (χ2n) is 4.47. The van der Waals surface area contributed by atoms with Crippen molar-refractivity contribution in [3.8, 4) is 0 Å². The summed E-state index contributed by atoms with van der Waals surface area (Å²) in [5, 5.41) is 0. The van der Waals surface area contributed by atoms with E-state index >= 15 is 0 Å². The van der Waals surface area contributed by atoms with Gasteiger partial charge in [0.2, 0.25) is 5.95 Å². The van der Waals surface area contributed by atoms with Crippen molar-refractivity contribution in [1.29, 1.82) is 0 Å². The number of hydrogen-bond acceptors (Lipinski definition) is 4. The predicted octanol–water partition coefficient (Wildman–Crippen LogP) is 1.36. The fourth-order valence-corrected chi connectivity index (χ4v) is 2.95. The Morgan fingerprint density at radius 1 is 1.41 bits per heavy atom. The average molecular weight is 251 g/mol. The van der Waals surface area contributed by atoms with Crippen LogP contribution in [0.4, 0.5) is 5.95 Å². The summed E-state index contributed by atoms with van der Waals surface area (Å²) in [6, 6.07) is 5.56. The first-order valence-electron chi connectivity index (χ1n) is 5.45. The van der Waals surface area contributed by atoms with Crippen molar-refractivity contribution in [3.63, 3.8) is 0 Å². The van der Waals surface area contributed by atoms with Crippen LogP contribution in [0.25, 0.3) is 11.0 Å². The van der Waals surface area contributed by atoms with Crippen molar-refractivity contribution >= 4 is 26.8 Å². The molecule has 5 nitrogen and oxygen atoms in total. The molecule has 0 atom stereocenters.